The van der Waals surface area contributed by atoms with Crippen molar-refractivity contribution in [3.05, 3.63) is 41.0 Å². The Kier molecular flexibility index (Phi) is 5.10. The quantitative estimate of drug-likeness (QED) is 0.739. The maximum Gasteiger partial charge on any atom is 0.281 e. The average molecular weight is 393 g/mol. The zero-order valence-electron chi connectivity index (χ0n) is 12.2. The monoisotopic (exact) mass is 392 g/mol. The molecule has 10 heteroatoms. The molecular formula is C13H14Cl2N4O2S2. The van der Waals surface area contributed by atoms with Crippen LogP contribution in [-0.4, -0.2) is 31.9 Å². The molecule has 0 unspecified atom stereocenters. The molecule has 0 fully saturated rings. The van der Waals surface area contributed by atoms with Gasteiger partial charge in [-0.1, -0.05) is 17.7 Å². The van der Waals surface area contributed by atoms with E-state index >= 15 is 0 Å². The molecule has 0 spiro atoms. The van der Waals surface area contributed by atoms with Gasteiger partial charge in [0.1, 0.15) is 0 Å². The van der Waals surface area contributed by atoms with E-state index in [9.17, 15) is 8.42 Å². The number of nitrogens with one attached hydrogen (secondary N) is 1. The van der Waals surface area contributed by atoms with Crippen LogP contribution in [0.3, 0.4) is 0 Å². The Balaban J connectivity index is 0.00000192. The van der Waals surface area contributed by atoms with E-state index < -0.39 is 10.0 Å². The van der Waals surface area contributed by atoms with Crippen molar-refractivity contribution in [2.24, 2.45) is 0 Å². The molecule has 0 saturated heterocycles. The minimum absolute atomic E-state index is 0. The van der Waals surface area contributed by atoms with Crippen molar-refractivity contribution in [2.45, 2.75) is 5.03 Å². The molecule has 0 radical (unpaired) electrons. The molecule has 0 atom stereocenters. The van der Waals surface area contributed by atoms with Gasteiger partial charge in [-0.05, 0) is 18.2 Å². The maximum absolute atomic E-state index is 12.6. The number of hydrogen-bond acceptors (Lipinski definition) is 5. The van der Waals surface area contributed by atoms with Gasteiger partial charge < -0.3 is 4.90 Å². The van der Waals surface area contributed by atoms with Gasteiger partial charge in [0.15, 0.2) is 15.1 Å². The van der Waals surface area contributed by atoms with Crippen LogP contribution < -0.4 is 9.62 Å². The smallest absolute Gasteiger partial charge is 0.281 e. The largest absolute Gasteiger partial charge is 0.378 e. The summed E-state index contributed by atoms with van der Waals surface area (Å²) in [5.74, 6) is 0. The second-order valence-electron chi connectivity index (χ2n) is 4.81. The summed E-state index contributed by atoms with van der Waals surface area (Å²) >= 11 is 7.31. The normalized spacial score (nSPS) is 11.3. The highest BCUT2D eigenvalue weighted by Gasteiger charge is 2.25. The standard InChI is InChI=1S/C13H13ClN4O2S2.ClH/c1-17(2)10-5-3-4-9(8-10)16-22(19,20)12-11(14)15-13-18(12)6-7-21-13;/h3-8,16H,1-2H3;1H. The zero-order chi connectivity index (χ0) is 15.9. The van der Waals surface area contributed by atoms with Crippen molar-refractivity contribution in [1.82, 2.24) is 9.38 Å². The minimum atomic E-state index is -3.83. The molecule has 23 heavy (non-hydrogen) atoms. The Morgan fingerprint density at radius 2 is 2.09 bits per heavy atom. The Labute approximate surface area is 149 Å². The first-order chi connectivity index (χ1) is 10.4. The lowest BCUT2D eigenvalue weighted by atomic mass is 10.3. The van der Waals surface area contributed by atoms with Crippen LogP contribution in [0, 0.1) is 0 Å². The Hall–Kier alpha value is -1.48. The number of benzene rings is 1. The lowest BCUT2D eigenvalue weighted by Crippen LogP contribution is -2.16. The second kappa shape index (κ2) is 6.56. The van der Waals surface area contributed by atoms with Crippen molar-refractivity contribution in [3.8, 4) is 0 Å². The third-order valence-corrected chi connectivity index (χ3v) is 5.58. The molecule has 2 heterocycles. The highest BCUT2D eigenvalue weighted by Crippen LogP contribution is 2.27. The second-order valence-corrected chi connectivity index (χ2v) is 7.64. The van der Waals surface area contributed by atoms with Gasteiger partial charge in [0.25, 0.3) is 10.0 Å². The maximum atomic E-state index is 12.6. The fraction of sp³-hybridized carbons (Fsp3) is 0.154. The van der Waals surface area contributed by atoms with Gasteiger partial charge in [0.05, 0.1) is 5.69 Å². The average Bonchev–Trinajstić information content (AvgIpc) is 2.97. The van der Waals surface area contributed by atoms with E-state index in [1.165, 1.54) is 15.7 Å². The molecule has 0 saturated carbocycles. The van der Waals surface area contributed by atoms with Crippen LogP contribution in [0.2, 0.25) is 5.15 Å². The predicted octanol–water partition coefficient (Wildman–Crippen LogP) is 3.34. The molecule has 3 aromatic rings. The predicted molar refractivity (Wildman–Crippen MR) is 96.9 cm³/mol. The molecule has 0 aliphatic heterocycles. The molecule has 124 valence electrons. The van der Waals surface area contributed by atoms with Crippen LogP contribution in [0.25, 0.3) is 4.96 Å². The number of nitrogens with zero attached hydrogens (tertiary/aromatic N) is 3. The molecule has 0 amide bonds. The Morgan fingerprint density at radius 1 is 1.35 bits per heavy atom. The van der Waals surface area contributed by atoms with Crippen LogP contribution in [0.5, 0.6) is 0 Å². The van der Waals surface area contributed by atoms with Gasteiger partial charge in [-0.15, -0.1) is 23.7 Å². The van der Waals surface area contributed by atoms with Crippen LogP contribution >= 0.6 is 35.3 Å². The van der Waals surface area contributed by atoms with Crippen LogP contribution in [0.1, 0.15) is 0 Å². The first-order valence-corrected chi connectivity index (χ1v) is 9.04. The van der Waals surface area contributed by atoms with Crippen LogP contribution in [0.4, 0.5) is 11.4 Å². The van der Waals surface area contributed by atoms with Crippen LogP contribution in [-0.2, 0) is 10.0 Å². The third kappa shape index (κ3) is 3.40. The number of thiazole rings is 1. The molecular weight excluding hydrogens is 379 g/mol. The molecule has 3 rings (SSSR count). The van der Waals surface area contributed by atoms with E-state index in [1.807, 2.05) is 25.1 Å². The van der Waals surface area contributed by atoms with Crippen molar-refractivity contribution in [2.75, 3.05) is 23.7 Å². The number of aromatic nitrogens is 2. The van der Waals surface area contributed by atoms with Crippen molar-refractivity contribution in [1.29, 1.82) is 0 Å². The van der Waals surface area contributed by atoms with E-state index in [-0.39, 0.29) is 22.6 Å². The molecule has 0 aliphatic rings. The van der Waals surface area contributed by atoms with Gasteiger partial charge in [-0.3, -0.25) is 9.12 Å². The minimum Gasteiger partial charge on any atom is -0.378 e. The number of hydrogen-bond donors (Lipinski definition) is 1. The fourth-order valence-corrected chi connectivity index (χ4v) is 4.54. The SMILES string of the molecule is CN(C)c1cccc(NS(=O)(=O)c2c(Cl)nc3sccn23)c1.Cl. The summed E-state index contributed by atoms with van der Waals surface area (Å²) in [6.45, 7) is 0. The third-order valence-electron chi connectivity index (χ3n) is 3.05. The number of rotatable bonds is 4. The van der Waals surface area contributed by atoms with Crippen LogP contribution in [0.15, 0.2) is 40.9 Å². The number of halogens is 2. The van der Waals surface area contributed by atoms with Crippen molar-refractivity contribution >= 4 is 61.7 Å². The topological polar surface area (TPSA) is 66.7 Å². The first-order valence-electron chi connectivity index (χ1n) is 6.30. The first kappa shape index (κ1) is 17.9. The summed E-state index contributed by atoms with van der Waals surface area (Å²) in [5, 5.41) is 1.66. The molecule has 0 bridgehead atoms. The highest BCUT2D eigenvalue weighted by atomic mass is 35.5. The van der Waals surface area contributed by atoms with Gasteiger partial charge >= 0.3 is 0 Å². The molecule has 0 aliphatic carbocycles. The zero-order valence-corrected chi connectivity index (χ0v) is 15.4. The Bertz CT molecular complexity index is 935. The molecule has 1 N–H and O–H groups in total. The molecule has 6 nitrogen and oxygen atoms in total. The Morgan fingerprint density at radius 3 is 2.78 bits per heavy atom. The molecule has 1 aromatic carbocycles. The lowest BCUT2D eigenvalue weighted by molar-refractivity contribution is 0.597. The van der Waals surface area contributed by atoms with Gasteiger partial charge in [0, 0.05) is 31.4 Å². The summed E-state index contributed by atoms with van der Waals surface area (Å²) in [5.41, 5.74) is 1.35. The highest BCUT2D eigenvalue weighted by molar-refractivity contribution is 7.92. The summed E-state index contributed by atoms with van der Waals surface area (Å²) in [6, 6.07) is 7.10. The van der Waals surface area contributed by atoms with Crippen molar-refractivity contribution in [3.63, 3.8) is 0 Å². The fourth-order valence-electron chi connectivity index (χ4n) is 2.03. The van der Waals surface area contributed by atoms with E-state index in [0.717, 1.165) is 5.69 Å². The van der Waals surface area contributed by atoms with E-state index in [2.05, 4.69) is 9.71 Å². The molecule has 2 aromatic heterocycles. The van der Waals surface area contributed by atoms with Gasteiger partial charge in [-0.2, -0.15) is 8.42 Å². The number of imidazole rings is 1. The summed E-state index contributed by atoms with van der Waals surface area (Å²) in [6.07, 6.45) is 1.63. The summed E-state index contributed by atoms with van der Waals surface area (Å²) in [7, 11) is -0.0624. The van der Waals surface area contributed by atoms with E-state index in [4.69, 9.17) is 11.6 Å². The van der Waals surface area contributed by atoms with E-state index in [0.29, 0.717) is 10.6 Å². The number of anilines is 2. The number of fused-ring (bicyclic) bond motifs is 1. The lowest BCUT2D eigenvalue weighted by Gasteiger charge is -2.14. The van der Waals surface area contributed by atoms with Gasteiger partial charge in [0.2, 0.25) is 0 Å². The van der Waals surface area contributed by atoms with Crippen molar-refractivity contribution < 1.29 is 8.42 Å². The number of sulfonamides is 1. The van der Waals surface area contributed by atoms with Gasteiger partial charge in [-0.25, -0.2) is 4.98 Å². The summed E-state index contributed by atoms with van der Waals surface area (Å²) < 4.78 is 29.2. The van der Waals surface area contributed by atoms with E-state index in [1.54, 1.807) is 29.8 Å². The summed E-state index contributed by atoms with van der Waals surface area (Å²) in [4.78, 5) is 6.47.